The monoisotopic (exact) mass is 293 g/mol. The van der Waals surface area contributed by atoms with Gasteiger partial charge in [-0.05, 0) is 24.2 Å². The van der Waals surface area contributed by atoms with E-state index in [1.807, 2.05) is 0 Å². The summed E-state index contributed by atoms with van der Waals surface area (Å²) >= 11 is 5.98. The van der Waals surface area contributed by atoms with Gasteiger partial charge in [0.2, 0.25) is 0 Å². The maximum absolute atomic E-state index is 12.7. The molecule has 1 atom stereocenters. The predicted molar refractivity (Wildman–Crippen MR) is 67.7 cm³/mol. The summed E-state index contributed by atoms with van der Waals surface area (Å²) in [6.07, 6.45) is -4.48. The summed E-state index contributed by atoms with van der Waals surface area (Å²) in [7, 11) is 0. The number of hydrogen-bond acceptors (Lipinski definition) is 2. The van der Waals surface area contributed by atoms with E-state index in [0.29, 0.717) is 35.9 Å². The summed E-state index contributed by atoms with van der Waals surface area (Å²) in [5.41, 5.74) is 1.38. The summed E-state index contributed by atoms with van der Waals surface area (Å²) in [5.74, 6) is 0.555. The summed E-state index contributed by atoms with van der Waals surface area (Å²) < 4.78 is 43.4. The van der Waals surface area contributed by atoms with Gasteiger partial charge in [-0.3, -0.25) is 0 Å². The van der Waals surface area contributed by atoms with Gasteiger partial charge in [-0.2, -0.15) is 13.2 Å². The Bertz CT molecular complexity index is 462. The average Bonchev–Trinajstić information content (AvgIpc) is 2.73. The van der Waals surface area contributed by atoms with Crippen molar-refractivity contribution >= 4 is 11.6 Å². The van der Waals surface area contributed by atoms with Crippen LogP contribution in [0.15, 0.2) is 12.1 Å². The highest BCUT2D eigenvalue weighted by molar-refractivity contribution is 6.30. The van der Waals surface area contributed by atoms with E-state index < -0.39 is 18.6 Å². The van der Waals surface area contributed by atoms with Gasteiger partial charge in [-0.15, -0.1) is 0 Å². The lowest BCUT2D eigenvalue weighted by molar-refractivity contribution is -0.140. The van der Waals surface area contributed by atoms with Crippen molar-refractivity contribution < 1.29 is 17.9 Å². The first-order chi connectivity index (χ1) is 8.90. The smallest absolute Gasteiger partial charge is 0.390 e. The molecule has 0 saturated carbocycles. The van der Waals surface area contributed by atoms with E-state index in [4.69, 9.17) is 16.3 Å². The Hall–Kier alpha value is -0.940. The quantitative estimate of drug-likeness (QED) is 0.910. The van der Waals surface area contributed by atoms with Crippen molar-refractivity contribution in [2.45, 2.75) is 32.0 Å². The van der Waals surface area contributed by atoms with E-state index in [2.05, 4.69) is 5.32 Å². The molecule has 106 valence electrons. The summed E-state index contributed by atoms with van der Waals surface area (Å²) in [5, 5.41) is 3.30. The lowest BCUT2D eigenvalue weighted by atomic mass is 9.99. The highest BCUT2D eigenvalue weighted by Crippen LogP contribution is 2.40. The van der Waals surface area contributed by atoms with Crippen LogP contribution < -0.4 is 10.1 Å². The Morgan fingerprint density at radius 3 is 2.79 bits per heavy atom. The molecule has 2 rings (SSSR count). The zero-order chi connectivity index (χ0) is 14.0. The molecule has 0 aliphatic carbocycles. The van der Waals surface area contributed by atoms with E-state index in [0.717, 1.165) is 5.56 Å². The standard InChI is InChI=1S/C13H15ClF3NO/c1-2-18-11(7-13(15,16)17)10-6-9(14)5-8-3-4-19-12(8)10/h5-6,11,18H,2-4,7H2,1H3. The lowest BCUT2D eigenvalue weighted by Gasteiger charge is -2.22. The minimum atomic E-state index is -4.24. The minimum absolute atomic E-state index is 0.446. The van der Waals surface area contributed by atoms with Gasteiger partial charge in [0.25, 0.3) is 0 Å². The van der Waals surface area contributed by atoms with Crippen molar-refractivity contribution in [1.29, 1.82) is 0 Å². The molecule has 1 unspecified atom stereocenters. The van der Waals surface area contributed by atoms with Gasteiger partial charge in [0.1, 0.15) is 5.75 Å². The fraction of sp³-hybridized carbons (Fsp3) is 0.538. The van der Waals surface area contributed by atoms with E-state index in [-0.39, 0.29) is 0 Å². The normalized spacial score (nSPS) is 16.1. The largest absolute Gasteiger partial charge is 0.493 e. The molecule has 0 spiro atoms. The van der Waals surface area contributed by atoms with Crippen molar-refractivity contribution in [2.24, 2.45) is 0 Å². The van der Waals surface area contributed by atoms with Crippen LogP contribution in [0.1, 0.15) is 30.5 Å². The number of alkyl halides is 3. The van der Waals surface area contributed by atoms with Crippen LogP contribution in [0.3, 0.4) is 0 Å². The van der Waals surface area contributed by atoms with E-state index >= 15 is 0 Å². The van der Waals surface area contributed by atoms with Crippen molar-refractivity contribution in [1.82, 2.24) is 5.32 Å². The number of ether oxygens (including phenoxy) is 1. The third-order valence-electron chi connectivity index (χ3n) is 3.04. The highest BCUT2D eigenvalue weighted by Gasteiger charge is 2.34. The molecular weight excluding hydrogens is 279 g/mol. The maximum Gasteiger partial charge on any atom is 0.390 e. The van der Waals surface area contributed by atoms with Gasteiger partial charge in [0.15, 0.2) is 0 Å². The van der Waals surface area contributed by atoms with Crippen molar-refractivity contribution in [3.05, 3.63) is 28.3 Å². The van der Waals surface area contributed by atoms with Gasteiger partial charge in [-0.25, -0.2) is 0 Å². The zero-order valence-corrected chi connectivity index (χ0v) is 11.2. The second kappa shape index (κ2) is 5.59. The molecule has 0 fully saturated rings. The Labute approximate surface area is 114 Å². The molecular formula is C13H15ClF3NO. The first-order valence-corrected chi connectivity index (χ1v) is 6.53. The molecule has 0 saturated heterocycles. The highest BCUT2D eigenvalue weighted by atomic mass is 35.5. The molecule has 19 heavy (non-hydrogen) atoms. The summed E-state index contributed by atoms with van der Waals surface area (Å²) in [6, 6.07) is 2.49. The summed E-state index contributed by atoms with van der Waals surface area (Å²) in [4.78, 5) is 0. The van der Waals surface area contributed by atoms with Gasteiger partial charge in [0, 0.05) is 23.0 Å². The van der Waals surface area contributed by atoms with Crippen LogP contribution in [-0.4, -0.2) is 19.3 Å². The van der Waals surface area contributed by atoms with Crippen LogP contribution in [0.2, 0.25) is 5.02 Å². The Balaban J connectivity index is 2.36. The first-order valence-electron chi connectivity index (χ1n) is 6.16. The lowest BCUT2D eigenvalue weighted by Crippen LogP contribution is -2.27. The Morgan fingerprint density at radius 2 is 2.16 bits per heavy atom. The number of benzene rings is 1. The van der Waals surface area contributed by atoms with Crippen LogP contribution in [0.5, 0.6) is 5.75 Å². The second-order valence-corrected chi connectivity index (χ2v) is 4.95. The van der Waals surface area contributed by atoms with Crippen LogP contribution in [0, 0.1) is 0 Å². The van der Waals surface area contributed by atoms with Gasteiger partial charge < -0.3 is 10.1 Å². The zero-order valence-electron chi connectivity index (χ0n) is 10.5. The van der Waals surface area contributed by atoms with E-state index in [1.165, 1.54) is 0 Å². The molecule has 1 aromatic carbocycles. The van der Waals surface area contributed by atoms with E-state index in [9.17, 15) is 13.2 Å². The van der Waals surface area contributed by atoms with Crippen molar-refractivity contribution in [3.63, 3.8) is 0 Å². The van der Waals surface area contributed by atoms with Gasteiger partial charge >= 0.3 is 6.18 Å². The SMILES string of the molecule is CCNC(CC(F)(F)F)c1cc(Cl)cc2c1OCC2. The number of rotatable bonds is 4. The van der Waals surface area contributed by atoms with Crippen LogP contribution >= 0.6 is 11.6 Å². The van der Waals surface area contributed by atoms with Gasteiger partial charge in [0.05, 0.1) is 13.0 Å². The Morgan fingerprint density at radius 1 is 1.42 bits per heavy atom. The molecule has 1 aromatic rings. The van der Waals surface area contributed by atoms with Crippen LogP contribution in [0.4, 0.5) is 13.2 Å². The third-order valence-corrected chi connectivity index (χ3v) is 3.26. The minimum Gasteiger partial charge on any atom is -0.493 e. The average molecular weight is 294 g/mol. The van der Waals surface area contributed by atoms with Gasteiger partial charge in [-0.1, -0.05) is 18.5 Å². The predicted octanol–water partition coefficient (Wildman–Crippen LogP) is 3.88. The molecule has 1 aliphatic rings. The number of hydrogen-bond donors (Lipinski definition) is 1. The Kier molecular flexibility index (Phi) is 4.26. The molecule has 1 heterocycles. The van der Waals surface area contributed by atoms with Crippen molar-refractivity contribution in [2.75, 3.05) is 13.2 Å². The van der Waals surface area contributed by atoms with Crippen LogP contribution in [-0.2, 0) is 6.42 Å². The fourth-order valence-electron chi connectivity index (χ4n) is 2.33. The third kappa shape index (κ3) is 3.54. The molecule has 6 heteroatoms. The van der Waals surface area contributed by atoms with E-state index in [1.54, 1.807) is 19.1 Å². The topological polar surface area (TPSA) is 21.3 Å². The molecule has 0 radical (unpaired) electrons. The molecule has 2 nitrogen and oxygen atoms in total. The fourth-order valence-corrected chi connectivity index (χ4v) is 2.58. The summed E-state index contributed by atoms with van der Waals surface area (Å²) in [6.45, 7) is 2.71. The first kappa shape index (κ1) is 14.5. The van der Waals surface area contributed by atoms with Crippen LogP contribution in [0.25, 0.3) is 0 Å². The number of nitrogens with one attached hydrogen (secondary N) is 1. The molecule has 1 aliphatic heterocycles. The number of halogens is 4. The number of fused-ring (bicyclic) bond motifs is 1. The molecule has 1 N–H and O–H groups in total. The maximum atomic E-state index is 12.7. The molecule has 0 amide bonds. The molecule has 0 aromatic heterocycles. The molecule has 0 bridgehead atoms. The van der Waals surface area contributed by atoms with Crippen molar-refractivity contribution in [3.8, 4) is 5.75 Å². The second-order valence-electron chi connectivity index (χ2n) is 4.51.